The summed E-state index contributed by atoms with van der Waals surface area (Å²) in [6.45, 7) is 2.07. The lowest BCUT2D eigenvalue weighted by atomic mass is 10.1. The lowest BCUT2D eigenvalue weighted by Gasteiger charge is -2.12. The molecule has 1 amide bonds. The van der Waals surface area contributed by atoms with Crippen LogP contribution in [0.25, 0.3) is 0 Å². The van der Waals surface area contributed by atoms with Crippen molar-refractivity contribution in [3.63, 3.8) is 0 Å². The fourth-order valence-corrected chi connectivity index (χ4v) is 2.87. The van der Waals surface area contributed by atoms with Crippen LogP contribution in [0.3, 0.4) is 0 Å². The standard InChI is InChI=1S/C16H16BrClN2O3/c1-10-16(23)14(21)5-7-20(10)9-15(22)19-6-4-11-2-3-12(17)8-13(11)18/h2-3,5,7-8,23H,4,6,9H2,1H3,(H,19,22). The third kappa shape index (κ3) is 4.59. The number of aromatic nitrogens is 1. The average molecular weight is 400 g/mol. The second-order valence-electron chi connectivity index (χ2n) is 5.08. The predicted octanol–water partition coefficient (Wildman–Crippen LogP) is 2.64. The van der Waals surface area contributed by atoms with Gasteiger partial charge in [0.2, 0.25) is 11.3 Å². The van der Waals surface area contributed by atoms with Gasteiger partial charge in [-0.3, -0.25) is 9.59 Å². The number of nitrogens with one attached hydrogen (secondary N) is 1. The molecule has 0 saturated heterocycles. The molecule has 0 radical (unpaired) electrons. The van der Waals surface area contributed by atoms with E-state index >= 15 is 0 Å². The molecule has 1 aromatic carbocycles. The Morgan fingerprint density at radius 3 is 2.83 bits per heavy atom. The van der Waals surface area contributed by atoms with E-state index in [-0.39, 0.29) is 18.2 Å². The molecule has 5 nitrogen and oxygen atoms in total. The molecule has 0 aliphatic heterocycles. The van der Waals surface area contributed by atoms with Gasteiger partial charge in [-0.25, -0.2) is 0 Å². The summed E-state index contributed by atoms with van der Waals surface area (Å²) in [5, 5.41) is 13.0. The first-order chi connectivity index (χ1) is 10.9. The topological polar surface area (TPSA) is 71.3 Å². The van der Waals surface area contributed by atoms with E-state index in [0.29, 0.717) is 23.7 Å². The maximum absolute atomic E-state index is 12.0. The molecule has 1 aromatic heterocycles. The summed E-state index contributed by atoms with van der Waals surface area (Å²) in [5.74, 6) is -0.536. The molecule has 2 N–H and O–H groups in total. The van der Waals surface area contributed by atoms with Crippen LogP contribution in [0.1, 0.15) is 11.3 Å². The number of pyridine rings is 1. The van der Waals surface area contributed by atoms with E-state index in [1.165, 1.54) is 16.8 Å². The molecule has 23 heavy (non-hydrogen) atoms. The average Bonchev–Trinajstić information content (AvgIpc) is 2.50. The number of nitrogens with zero attached hydrogens (tertiary/aromatic N) is 1. The summed E-state index contributed by atoms with van der Waals surface area (Å²) in [5.41, 5.74) is 0.861. The van der Waals surface area contributed by atoms with Crippen LogP contribution in [0.15, 0.2) is 39.7 Å². The second kappa shape index (κ2) is 7.66. The molecule has 0 aliphatic rings. The van der Waals surface area contributed by atoms with Gasteiger partial charge in [0.05, 0.1) is 5.69 Å². The molecule has 2 aromatic rings. The molecule has 2 rings (SSSR count). The first-order valence-electron chi connectivity index (χ1n) is 6.98. The monoisotopic (exact) mass is 398 g/mol. The number of carbonyl (C=O) groups excluding carboxylic acids is 1. The van der Waals surface area contributed by atoms with Crippen LogP contribution in [0.2, 0.25) is 5.02 Å². The number of benzene rings is 1. The Labute approximate surface area is 147 Å². The normalized spacial score (nSPS) is 10.6. The van der Waals surface area contributed by atoms with Gasteiger partial charge in [-0.05, 0) is 31.0 Å². The maximum atomic E-state index is 12.0. The van der Waals surface area contributed by atoms with Gasteiger partial charge in [-0.15, -0.1) is 0 Å². The van der Waals surface area contributed by atoms with Gasteiger partial charge in [-0.1, -0.05) is 33.6 Å². The zero-order chi connectivity index (χ0) is 17.0. The lowest BCUT2D eigenvalue weighted by Crippen LogP contribution is -2.30. The Balaban J connectivity index is 1.91. The highest BCUT2D eigenvalue weighted by atomic mass is 79.9. The van der Waals surface area contributed by atoms with E-state index in [1.807, 2.05) is 18.2 Å². The van der Waals surface area contributed by atoms with Gasteiger partial charge < -0.3 is 15.0 Å². The molecule has 0 saturated carbocycles. The highest BCUT2D eigenvalue weighted by Gasteiger charge is 2.09. The van der Waals surface area contributed by atoms with Crippen LogP contribution in [0.4, 0.5) is 0 Å². The van der Waals surface area contributed by atoms with Crippen molar-refractivity contribution in [1.82, 2.24) is 9.88 Å². The highest BCUT2D eigenvalue weighted by molar-refractivity contribution is 9.10. The van der Waals surface area contributed by atoms with Crippen molar-refractivity contribution in [1.29, 1.82) is 0 Å². The van der Waals surface area contributed by atoms with Gasteiger partial charge in [-0.2, -0.15) is 0 Å². The Kier molecular flexibility index (Phi) is 5.85. The maximum Gasteiger partial charge on any atom is 0.239 e. The second-order valence-corrected chi connectivity index (χ2v) is 6.40. The van der Waals surface area contributed by atoms with Gasteiger partial charge in [0.1, 0.15) is 6.54 Å². The molecular weight excluding hydrogens is 384 g/mol. The summed E-state index contributed by atoms with van der Waals surface area (Å²) in [4.78, 5) is 23.2. The Morgan fingerprint density at radius 2 is 2.13 bits per heavy atom. The molecule has 0 unspecified atom stereocenters. The number of hydrogen-bond acceptors (Lipinski definition) is 3. The molecule has 122 valence electrons. The summed E-state index contributed by atoms with van der Waals surface area (Å²) in [7, 11) is 0. The van der Waals surface area contributed by atoms with Crippen molar-refractivity contribution in [2.75, 3.05) is 6.54 Å². The third-order valence-corrected chi connectivity index (χ3v) is 4.30. The van der Waals surface area contributed by atoms with Crippen LogP contribution < -0.4 is 10.7 Å². The highest BCUT2D eigenvalue weighted by Crippen LogP contribution is 2.21. The summed E-state index contributed by atoms with van der Waals surface area (Å²) in [6.07, 6.45) is 2.11. The Bertz CT molecular complexity index is 789. The first-order valence-corrected chi connectivity index (χ1v) is 8.15. The van der Waals surface area contributed by atoms with Crippen LogP contribution in [0.5, 0.6) is 5.75 Å². The minimum absolute atomic E-state index is 0.0355. The van der Waals surface area contributed by atoms with Crippen molar-refractivity contribution in [3.05, 3.63) is 61.4 Å². The van der Waals surface area contributed by atoms with Gasteiger partial charge >= 0.3 is 0 Å². The van der Waals surface area contributed by atoms with E-state index < -0.39 is 5.43 Å². The largest absolute Gasteiger partial charge is 0.503 e. The third-order valence-electron chi connectivity index (χ3n) is 3.46. The van der Waals surface area contributed by atoms with Crippen LogP contribution in [-0.4, -0.2) is 22.1 Å². The molecule has 1 heterocycles. The predicted molar refractivity (Wildman–Crippen MR) is 93.0 cm³/mol. The van der Waals surface area contributed by atoms with E-state index in [2.05, 4.69) is 21.2 Å². The molecule has 0 bridgehead atoms. The number of halogens is 2. The summed E-state index contributed by atoms with van der Waals surface area (Å²) >= 11 is 9.47. The molecule has 0 spiro atoms. The molecule has 0 atom stereocenters. The SMILES string of the molecule is Cc1c(O)c(=O)ccn1CC(=O)NCCc1ccc(Br)cc1Cl. The van der Waals surface area contributed by atoms with Crippen LogP contribution in [-0.2, 0) is 17.8 Å². The minimum Gasteiger partial charge on any atom is -0.503 e. The van der Waals surface area contributed by atoms with Crippen LogP contribution >= 0.6 is 27.5 Å². The van der Waals surface area contributed by atoms with Gasteiger partial charge in [0.15, 0.2) is 5.75 Å². The van der Waals surface area contributed by atoms with E-state index in [9.17, 15) is 14.7 Å². The fraction of sp³-hybridized carbons (Fsp3) is 0.250. The smallest absolute Gasteiger partial charge is 0.239 e. The summed E-state index contributed by atoms with van der Waals surface area (Å²) < 4.78 is 2.43. The molecule has 0 fully saturated rings. The van der Waals surface area contributed by atoms with E-state index in [0.717, 1.165) is 10.0 Å². The zero-order valence-corrected chi connectivity index (χ0v) is 14.8. The number of hydrogen-bond donors (Lipinski definition) is 2. The number of carbonyl (C=O) groups is 1. The van der Waals surface area contributed by atoms with E-state index in [1.54, 1.807) is 6.92 Å². The van der Waals surface area contributed by atoms with Gasteiger partial charge in [0, 0.05) is 28.3 Å². The quantitative estimate of drug-likeness (QED) is 0.812. The minimum atomic E-state index is -0.455. The van der Waals surface area contributed by atoms with Crippen molar-refractivity contribution >= 4 is 33.4 Å². The molecule has 7 heteroatoms. The Hall–Kier alpha value is -1.79. The zero-order valence-electron chi connectivity index (χ0n) is 12.5. The van der Waals surface area contributed by atoms with Crippen molar-refractivity contribution in [2.24, 2.45) is 0 Å². The molecular formula is C16H16BrClN2O3. The van der Waals surface area contributed by atoms with Gasteiger partial charge in [0.25, 0.3) is 0 Å². The van der Waals surface area contributed by atoms with Crippen molar-refractivity contribution in [3.8, 4) is 5.75 Å². The number of amides is 1. The Morgan fingerprint density at radius 1 is 1.39 bits per heavy atom. The van der Waals surface area contributed by atoms with Crippen molar-refractivity contribution in [2.45, 2.75) is 19.9 Å². The summed E-state index contributed by atoms with van der Waals surface area (Å²) in [6, 6.07) is 6.85. The van der Waals surface area contributed by atoms with E-state index in [4.69, 9.17) is 11.6 Å². The fourth-order valence-electron chi connectivity index (χ4n) is 2.11. The van der Waals surface area contributed by atoms with Crippen molar-refractivity contribution < 1.29 is 9.90 Å². The van der Waals surface area contributed by atoms with Crippen LogP contribution in [0, 0.1) is 6.92 Å². The molecule has 0 aliphatic carbocycles. The number of aromatic hydroxyl groups is 1. The number of rotatable bonds is 5. The first kappa shape index (κ1) is 17.6. The lowest BCUT2D eigenvalue weighted by molar-refractivity contribution is -0.121.